The van der Waals surface area contributed by atoms with E-state index >= 15 is 0 Å². The number of carbonyl (C=O) groups excluding carboxylic acids is 1. The molecule has 0 radical (unpaired) electrons. The van der Waals surface area contributed by atoms with Gasteiger partial charge >= 0.3 is 0 Å². The molecule has 2 aromatic heterocycles. The van der Waals surface area contributed by atoms with E-state index in [-0.39, 0.29) is 5.91 Å². The lowest BCUT2D eigenvalue weighted by atomic mass is 10.2. The predicted octanol–water partition coefficient (Wildman–Crippen LogP) is 5.24. The van der Waals surface area contributed by atoms with Gasteiger partial charge in [0, 0.05) is 15.8 Å². The Hall–Kier alpha value is -1.63. The summed E-state index contributed by atoms with van der Waals surface area (Å²) in [7, 11) is 0. The van der Waals surface area contributed by atoms with Crippen LogP contribution < -0.4 is 5.32 Å². The number of hydrogen-bond donors (Lipinski definition) is 1. The second kappa shape index (κ2) is 7.09. The van der Waals surface area contributed by atoms with Gasteiger partial charge in [0.25, 0.3) is 5.91 Å². The molecule has 22 heavy (non-hydrogen) atoms. The van der Waals surface area contributed by atoms with Gasteiger partial charge in [-0.05, 0) is 35.4 Å². The van der Waals surface area contributed by atoms with Crippen molar-refractivity contribution in [2.45, 2.75) is 11.8 Å². The van der Waals surface area contributed by atoms with Crippen LogP contribution in [0.15, 0.2) is 52.1 Å². The lowest BCUT2D eigenvalue weighted by Gasteiger charge is -2.04. The zero-order valence-electron chi connectivity index (χ0n) is 11.9. The molecular weight excluding hydrogens is 332 g/mol. The van der Waals surface area contributed by atoms with Crippen LogP contribution in [0.3, 0.4) is 0 Å². The maximum absolute atomic E-state index is 12.3. The molecule has 0 aliphatic heterocycles. The Kier molecular flexibility index (Phi) is 4.92. The van der Waals surface area contributed by atoms with Gasteiger partial charge in [-0.1, -0.05) is 19.1 Å². The number of carbonyl (C=O) groups is 1. The lowest BCUT2D eigenvalue weighted by molar-refractivity contribution is 0.102. The summed E-state index contributed by atoms with van der Waals surface area (Å²) in [5.74, 6) is 0.868. The first kappa shape index (κ1) is 15.3. The number of aromatic nitrogens is 1. The molecule has 0 bridgehead atoms. The summed E-state index contributed by atoms with van der Waals surface area (Å²) >= 11 is 4.81. The van der Waals surface area contributed by atoms with Crippen molar-refractivity contribution in [1.82, 2.24) is 4.98 Å². The molecule has 0 aliphatic carbocycles. The molecule has 6 heteroatoms. The first-order valence-electron chi connectivity index (χ1n) is 6.80. The summed E-state index contributed by atoms with van der Waals surface area (Å²) in [4.78, 5) is 19.0. The molecule has 0 saturated carbocycles. The third-order valence-corrected chi connectivity index (χ3v) is 5.43. The van der Waals surface area contributed by atoms with Crippen LogP contribution >= 0.6 is 34.4 Å². The minimum absolute atomic E-state index is 0.120. The Morgan fingerprint density at radius 2 is 2.18 bits per heavy atom. The topological polar surface area (TPSA) is 42.0 Å². The molecule has 1 N–H and O–H groups in total. The van der Waals surface area contributed by atoms with E-state index in [1.807, 2.05) is 47.2 Å². The van der Waals surface area contributed by atoms with Gasteiger partial charge in [-0.3, -0.25) is 10.1 Å². The van der Waals surface area contributed by atoms with Gasteiger partial charge < -0.3 is 0 Å². The van der Waals surface area contributed by atoms with Crippen molar-refractivity contribution in [2.75, 3.05) is 11.1 Å². The largest absolute Gasteiger partial charge is 0.298 e. The molecule has 0 saturated heterocycles. The van der Waals surface area contributed by atoms with Gasteiger partial charge in [0.2, 0.25) is 0 Å². The molecule has 0 atom stereocenters. The minimum atomic E-state index is -0.120. The number of nitrogens with zero attached hydrogens (tertiary/aromatic N) is 1. The van der Waals surface area contributed by atoms with E-state index in [0.717, 1.165) is 21.2 Å². The van der Waals surface area contributed by atoms with Gasteiger partial charge in [0.1, 0.15) is 0 Å². The summed E-state index contributed by atoms with van der Waals surface area (Å²) in [5.41, 5.74) is 1.57. The van der Waals surface area contributed by atoms with Crippen molar-refractivity contribution in [3.63, 3.8) is 0 Å². The van der Waals surface area contributed by atoms with Crippen LogP contribution in [0.2, 0.25) is 0 Å². The van der Waals surface area contributed by atoms with Crippen LogP contribution in [0.4, 0.5) is 5.13 Å². The molecule has 3 nitrogen and oxygen atoms in total. The normalized spacial score (nSPS) is 10.6. The smallest absolute Gasteiger partial charge is 0.257 e. The summed E-state index contributed by atoms with van der Waals surface area (Å²) in [6.45, 7) is 2.10. The lowest BCUT2D eigenvalue weighted by Crippen LogP contribution is -2.11. The van der Waals surface area contributed by atoms with Crippen LogP contribution in [-0.2, 0) is 0 Å². The molecule has 3 rings (SSSR count). The maximum atomic E-state index is 12.3. The van der Waals surface area contributed by atoms with Gasteiger partial charge in [-0.15, -0.1) is 34.4 Å². The van der Waals surface area contributed by atoms with E-state index in [4.69, 9.17) is 0 Å². The van der Waals surface area contributed by atoms with E-state index in [1.54, 1.807) is 23.1 Å². The molecule has 3 aromatic rings. The summed E-state index contributed by atoms with van der Waals surface area (Å²) in [6, 6.07) is 11.7. The molecule has 0 spiro atoms. The maximum Gasteiger partial charge on any atom is 0.257 e. The monoisotopic (exact) mass is 346 g/mol. The third kappa shape index (κ3) is 3.58. The first-order chi connectivity index (χ1) is 10.8. The fraction of sp³-hybridized carbons (Fsp3) is 0.125. The number of nitrogens with one attached hydrogen (secondary N) is 1. The molecule has 0 fully saturated rings. The van der Waals surface area contributed by atoms with Crippen LogP contribution in [0.5, 0.6) is 0 Å². The number of thioether (sulfide) groups is 1. The SMILES string of the molecule is CCSc1cccc(C(=O)Nc2nc(-c3cccs3)cs2)c1. The summed E-state index contributed by atoms with van der Waals surface area (Å²) < 4.78 is 0. The molecule has 1 aromatic carbocycles. The van der Waals surface area contributed by atoms with Gasteiger partial charge in [0.15, 0.2) is 5.13 Å². The average molecular weight is 347 g/mol. The van der Waals surface area contributed by atoms with Crippen molar-refractivity contribution >= 4 is 45.5 Å². The van der Waals surface area contributed by atoms with Crippen molar-refractivity contribution < 1.29 is 4.79 Å². The number of anilines is 1. The standard InChI is InChI=1S/C16H14N2OS3/c1-2-20-12-6-3-5-11(9-12)15(19)18-16-17-13(10-22-16)14-7-4-8-21-14/h3-10H,2H2,1H3,(H,17,18,19). The molecular formula is C16H14N2OS3. The Balaban J connectivity index is 1.73. The molecule has 1 amide bonds. The second-order valence-electron chi connectivity index (χ2n) is 4.43. The fourth-order valence-electron chi connectivity index (χ4n) is 1.93. The molecule has 2 heterocycles. The van der Waals surface area contributed by atoms with E-state index in [2.05, 4.69) is 17.2 Å². The van der Waals surface area contributed by atoms with E-state index in [9.17, 15) is 4.79 Å². The number of rotatable bonds is 5. The number of benzene rings is 1. The van der Waals surface area contributed by atoms with Crippen LogP contribution in [0.25, 0.3) is 10.6 Å². The highest BCUT2D eigenvalue weighted by molar-refractivity contribution is 7.99. The second-order valence-corrected chi connectivity index (χ2v) is 7.57. The highest BCUT2D eigenvalue weighted by atomic mass is 32.2. The summed E-state index contributed by atoms with van der Waals surface area (Å²) in [6.07, 6.45) is 0. The minimum Gasteiger partial charge on any atom is -0.298 e. The Labute approximate surface area is 141 Å². The quantitative estimate of drug-likeness (QED) is 0.643. The van der Waals surface area contributed by atoms with E-state index in [1.165, 1.54) is 11.3 Å². The number of amides is 1. The van der Waals surface area contributed by atoms with Crippen LogP contribution in [-0.4, -0.2) is 16.6 Å². The van der Waals surface area contributed by atoms with E-state index < -0.39 is 0 Å². The van der Waals surface area contributed by atoms with Crippen molar-refractivity contribution in [1.29, 1.82) is 0 Å². The van der Waals surface area contributed by atoms with Crippen molar-refractivity contribution in [3.8, 4) is 10.6 Å². The van der Waals surface area contributed by atoms with Gasteiger partial charge in [-0.25, -0.2) is 4.98 Å². The third-order valence-electron chi connectivity index (χ3n) is 2.91. The first-order valence-corrected chi connectivity index (χ1v) is 9.54. The van der Waals surface area contributed by atoms with E-state index in [0.29, 0.717) is 10.7 Å². The average Bonchev–Trinajstić information content (AvgIpc) is 3.18. The molecule has 0 unspecified atom stereocenters. The Morgan fingerprint density at radius 3 is 2.95 bits per heavy atom. The predicted molar refractivity (Wildman–Crippen MR) is 96.2 cm³/mol. The Morgan fingerprint density at radius 1 is 1.27 bits per heavy atom. The highest BCUT2D eigenvalue weighted by Gasteiger charge is 2.11. The van der Waals surface area contributed by atoms with Crippen molar-refractivity contribution in [3.05, 3.63) is 52.7 Å². The molecule has 112 valence electrons. The zero-order valence-corrected chi connectivity index (χ0v) is 14.4. The van der Waals surface area contributed by atoms with Gasteiger partial charge in [-0.2, -0.15) is 0 Å². The molecule has 0 aliphatic rings. The Bertz CT molecular complexity index is 765. The number of thiazole rings is 1. The van der Waals surface area contributed by atoms with Gasteiger partial charge in [0.05, 0.1) is 10.6 Å². The van der Waals surface area contributed by atoms with Crippen LogP contribution in [0, 0.1) is 0 Å². The zero-order chi connectivity index (χ0) is 15.4. The van der Waals surface area contributed by atoms with Crippen molar-refractivity contribution in [2.24, 2.45) is 0 Å². The number of thiophene rings is 1. The number of hydrogen-bond acceptors (Lipinski definition) is 5. The van der Waals surface area contributed by atoms with Crippen LogP contribution in [0.1, 0.15) is 17.3 Å². The summed E-state index contributed by atoms with van der Waals surface area (Å²) in [5, 5.41) is 7.48. The fourth-order valence-corrected chi connectivity index (χ4v) is 4.12. The highest BCUT2D eigenvalue weighted by Crippen LogP contribution is 2.28.